The van der Waals surface area contributed by atoms with Gasteiger partial charge < -0.3 is 14.5 Å². The lowest BCUT2D eigenvalue weighted by atomic mass is 10.0. The van der Waals surface area contributed by atoms with Gasteiger partial charge in [0.2, 0.25) is 0 Å². The number of hydrogen-bond acceptors (Lipinski definition) is 7. The number of rotatable bonds is 8. The Hall–Kier alpha value is -4.43. The van der Waals surface area contributed by atoms with Crippen LogP contribution in [0.4, 0.5) is 11.7 Å². The van der Waals surface area contributed by atoms with Gasteiger partial charge in [0.1, 0.15) is 5.75 Å². The predicted octanol–water partition coefficient (Wildman–Crippen LogP) is 6.69. The first-order valence-electron chi connectivity index (χ1n) is 11.7. The van der Waals surface area contributed by atoms with Crippen molar-refractivity contribution in [1.82, 2.24) is 9.97 Å². The number of nitrogens with zero attached hydrogens (tertiary/aromatic N) is 2. The van der Waals surface area contributed by atoms with E-state index in [4.69, 9.17) is 9.15 Å². The maximum Gasteiger partial charge on any atom is 0.299 e. The number of pyridine rings is 1. The van der Waals surface area contributed by atoms with Crippen LogP contribution in [0.15, 0.2) is 113 Å². The lowest BCUT2D eigenvalue weighted by Crippen LogP contribution is -2.11. The number of methoxy groups -OCH3 is 1. The number of ether oxygens (including phenoxy) is 1. The maximum atomic E-state index is 13.3. The second-order valence-corrected chi connectivity index (χ2v) is 10.7. The molecule has 0 aliphatic carbocycles. The molecule has 1 atom stereocenters. The van der Waals surface area contributed by atoms with Gasteiger partial charge in [-0.2, -0.15) is 0 Å². The van der Waals surface area contributed by atoms with Crippen LogP contribution in [0.5, 0.6) is 5.75 Å². The van der Waals surface area contributed by atoms with E-state index >= 15 is 0 Å². The molecular weight excluding hydrogens is 486 g/mol. The third-order valence-electron chi connectivity index (χ3n) is 6.14. The van der Waals surface area contributed by atoms with Crippen LogP contribution in [-0.4, -0.2) is 25.5 Å². The molecule has 186 valence electrons. The van der Waals surface area contributed by atoms with Crippen LogP contribution in [0.2, 0.25) is 0 Å². The van der Waals surface area contributed by atoms with E-state index in [2.05, 4.69) is 27.4 Å². The maximum absolute atomic E-state index is 13.3. The summed E-state index contributed by atoms with van der Waals surface area (Å²) in [5.74, 6) is 1.04. The van der Waals surface area contributed by atoms with Gasteiger partial charge >= 0.3 is 0 Å². The summed E-state index contributed by atoms with van der Waals surface area (Å²) in [4.78, 5) is 8.48. The number of aromatic nitrogens is 2. The molecule has 5 rings (SSSR count). The van der Waals surface area contributed by atoms with Gasteiger partial charge in [0.25, 0.3) is 6.01 Å². The molecule has 1 unspecified atom stereocenters. The van der Waals surface area contributed by atoms with E-state index in [1.807, 2.05) is 42.5 Å². The average molecular weight is 512 g/mol. The fourth-order valence-electron chi connectivity index (χ4n) is 4.04. The van der Waals surface area contributed by atoms with Crippen molar-refractivity contribution in [2.75, 3.05) is 12.4 Å². The van der Waals surface area contributed by atoms with Crippen molar-refractivity contribution in [3.63, 3.8) is 0 Å². The lowest BCUT2D eigenvalue weighted by Gasteiger charge is -2.15. The van der Waals surface area contributed by atoms with Crippen LogP contribution < -0.4 is 10.1 Å². The molecule has 0 radical (unpaired) electrons. The van der Waals surface area contributed by atoms with E-state index in [0.29, 0.717) is 22.8 Å². The Labute approximate surface area is 215 Å². The zero-order valence-electron chi connectivity index (χ0n) is 20.3. The van der Waals surface area contributed by atoms with Gasteiger partial charge in [-0.25, -0.2) is 13.4 Å². The summed E-state index contributed by atoms with van der Waals surface area (Å²) in [7, 11) is -2.16. The molecule has 0 spiro atoms. The Morgan fingerprint density at radius 2 is 1.59 bits per heavy atom. The minimum absolute atomic E-state index is 0.155. The zero-order chi connectivity index (χ0) is 25.8. The molecule has 0 aliphatic rings. The van der Waals surface area contributed by atoms with Crippen LogP contribution in [0.1, 0.15) is 17.7 Å². The largest absolute Gasteiger partial charge is 0.495 e. The molecular formula is C29H25N3O4S. The zero-order valence-corrected chi connectivity index (χ0v) is 21.1. The van der Waals surface area contributed by atoms with E-state index in [9.17, 15) is 8.42 Å². The minimum Gasteiger partial charge on any atom is -0.495 e. The second kappa shape index (κ2) is 10.3. The topological polar surface area (TPSA) is 94.3 Å². The highest BCUT2D eigenvalue weighted by Crippen LogP contribution is 2.35. The highest BCUT2D eigenvalue weighted by molar-refractivity contribution is 7.91. The van der Waals surface area contributed by atoms with Crippen molar-refractivity contribution >= 4 is 21.5 Å². The van der Waals surface area contributed by atoms with Crippen LogP contribution in [0.3, 0.4) is 0 Å². The SMILES string of the molecule is COc1ccc(S(=O)(=O)C(C)c2ccncc2)cc1Nc1ncc(-c2cccc(-c3ccccc3)c2)o1. The lowest BCUT2D eigenvalue weighted by molar-refractivity contribution is 0.416. The molecule has 37 heavy (non-hydrogen) atoms. The number of benzene rings is 3. The smallest absolute Gasteiger partial charge is 0.299 e. The van der Waals surface area contributed by atoms with E-state index < -0.39 is 15.1 Å². The van der Waals surface area contributed by atoms with Crippen molar-refractivity contribution in [3.8, 4) is 28.2 Å². The van der Waals surface area contributed by atoms with Gasteiger partial charge in [-0.15, -0.1) is 0 Å². The Kier molecular flexibility index (Phi) is 6.74. The number of oxazole rings is 1. The molecule has 2 aromatic heterocycles. The quantitative estimate of drug-likeness (QED) is 0.248. The summed E-state index contributed by atoms with van der Waals surface area (Å²) in [6.45, 7) is 1.66. The predicted molar refractivity (Wildman–Crippen MR) is 143 cm³/mol. The summed E-state index contributed by atoms with van der Waals surface area (Å²) >= 11 is 0. The minimum atomic E-state index is -3.68. The standard InChI is InChI=1S/C29H25N3O4S/c1-20(21-13-15-30-16-14-21)37(33,34)25-11-12-27(35-2)26(18-25)32-29-31-19-28(36-29)24-10-6-9-23(17-24)22-7-4-3-5-8-22/h3-20H,1-2H3,(H,31,32). The third kappa shape index (κ3) is 5.10. The van der Waals surface area contributed by atoms with Gasteiger partial charge in [-0.1, -0.05) is 48.5 Å². The second-order valence-electron chi connectivity index (χ2n) is 8.43. The number of anilines is 2. The van der Waals surface area contributed by atoms with E-state index in [1.54, 1.807) is 43.7 Å². The normalized spacial score (nSPS) is 12.2. The first-order valence-corrected chi connectivity index (χ1v) is 13.2. The van der Waals surface area contributed by atoms with Crippen molar-refractivity contribution in [1.29, 1.82) is 0 Å². The van der Waals surface area contributed by atoms with Crippen LogP contribution in [0, 0.1) is 0 Å². The van der Waals surface area contributed by atoms with Crippen LogP contribution in [0.25, 0.3) is 22.5 Å². The summed E-state index contributed by atoms with van der Waals surface area (Å²) in [6.07, 6.45) is 4.79. The highest BCUT2D eigenvalue weighted by atomic mass is 32.2. The molecule has 0 bridgehead atoms. The Morgan fingerprint density at radius 3 is 2.35 bits per heavy atom. The first-order chi connectivity index (χ1) is 18.0. The van der Waals surface area contributed by atoms with Crippen LogP contribution in [-0.2, 0) is 9.84 Å². The van der Waals surface area contributed by atoms with Crippen molar-refractivity contribution in [2.24, 2.45) is 0 Å². The molecule has 0 saturated carbocycles. The monoisotopic (exact) mass is 511 g/mol. The van der Waals surface area contributed by atoms with Gasteiger partial charge in [0.05, 0.1) is 29.1 Å². The van der Waals surface area contributed by atoms with E-state index in [1.165, 1.54) is 19.2 Å². The molecule has 2 heterocycles. The van der Waals surface area contributed by atoms with Gasteiger partial charge in [0.15, 0.2) is 15.6 Å². The highest BCUT2D eigenvalue weighted by Gasteiger charge is 2.26. The van der Waals surface area contributed by atoms with Gasteiger partial charge in [-0.3, -0.25) is 4.98 Å². The summed E-state index contributed by atoms with van der Waals surface area (Å²) < 4.78 is 38.1. The van der Waals surface area contributed by atoms with E-state index in [0.717, 1.165) is 16.7 Å². The fourth-order valence-corrected chi connectivity index (χ4v) is 5.51. The molecule has 8 heteroatoms. The first kappa shape index (κ1) is 24.3. The molecule has 3 aromatic carbocycles. The third-order valence-corrected chi connectivity index (χ3v) is 8.26. The number of sulfone groups is 1. The van der Waals surface area contributed by atoms with Crippen molar-refractivity contribution in [3.05, 3.63) is 109 Å². The molecule has 0 saturated heterocycles. The number of hydrogen-bond donors (Lipinski definition) is 1. The van der Waals surface area contributed by atoms with E-state index in [-0.39, 0.29) is 10.9 Å². The average Bonchev–Trinajstić information content (AvgIpc) is 3.42. The van der Waals surface area contributed by atoms with Gasteiger partial charge in [-0.05, 0) is 60.0 Å². The Morgan fingerprint density at radius 1 is 0.865 bits per heavy atom. The summed E-state index contributed by atoms with van der Waals surface area (Å²) in [5.41, 5.74) is 4.13. The molecule has 0 amide bonds. The fraction of sp³-hybridized carbons (Fsp3) is 0.103. The summed E-state index contributed by atoms with van der Waals surface area (Å²) in [6, 6.07) is 26.4. The molecule has 5 aromatic rings. The molecule has 1 N–H and O–H groups in total. The Bertz CT molecular complexity index is 1620. The molecule has 0 fully saturated rings. The number of nitrogens with one attached hydrogen (secondary N) is 1. The Balaban J connectivity index is 1.42. The molecule has 0 aliphatic heterocycles. The van der Waals surface area contributed by atoms with Crippen molar-refractivity contribution < 1.29 is 17.6 Å². The van der Waals surface area contributed by atoms with Gasteiger partial charge in [0, 0.05) is 18.0 Å². The van der Waals surface area contributed by atoms with Crippen molar-refractivity contribution in [2.45, 2.75) is 17.1 Å². The molecule has 7 nitrogen and oxygen atoms in total. The summed E-state index contributed by atoms with van der Waals surface area (Å²) in [5, 5.41) is 2.33. The van der Waals surface area contributed by atoms with Crippen LogP contribution >= 0.6 is 0 Å².